The summed E-state index contributed by atoms with van der Waals surface area (Å²) in [5, 5.41) is 4.47. The minimum atomic E-state index is 0.372. The van der Waals surface area contributed by atoms with Gasteiger partial charge in [0.1, 0.15) is 0 Å². The maximum Gasteiger partial charge on any atom is 0.165 e. The van der Waals surface area contributed by atoms with Crippen LogP contribution >= 0.6 is 11.8 Å². The van der Waals surface area contributed by atoms with Gasteiger partial charge in [0.05, 0.1) is 0 Å². The third kappa shape index (κ3) is 3.61. The van der Waals surface area contributed by atoms with Crippen molar-refractivity contribution in [2.24, 2.45) is 0 Å². The van der Waals surface area contributed by atoms with Crippen LogP contribution in [-0.2, 0) is 0 Å². The Labute approximate surface area is 106 Å². The Hall–Kier alpha value is -1.26. The van der Waals surface area contributed by atoms with Crippen LogP contribution in [0.3, 0.4) is 0 Å². The average Bonchev–Trinajstić information content (AvgIpc) is 2.88. The van der Waals surface area contributed by atoms with E-state index in [1.807, 2.05) is 12.3 Å². The summed E-state index contributed by atoms with van der Waals surface area (Å²) in [6.07, 6.45) is 3.64. The predicted octanol–water partition coefficient (Wildman–Crippen LogP) is 2.85. The molecule has 0 aliphatic rings. The zero-order valence-electron chi connectivity index (χ0n) is 9.89. The zero-order valence-corrected chi connectivity index (χ0v) is 10.7. The lowest BCUT2D eigenvalue weighted by atomic mass is 10.1. The number of hydrogen-bond donors (Lipinski definition) is 2. The molecule has 2 N–H and O–H groups in total. The van der Waals surface area contributed by atoms with E-state index in [2.05, 4.69) is 46.5 Å². The van der Waals surface area contributed by atoms with Crippen LogP contribution < -0.4 is 5.32 Å². The molecule has 1 aromatic carbocycles. The van der Waals surface area contributed by atoms with Crippen molar-refractivity contribution in [1.29, 1.82) is 0 Å². The molecule has 90 valence electrons. The van der Waals surface area contributed by atoms with E-state index >= 15 is 0 Å². The molecule has 1 heterocycles. The second-order valence-electron chi connectivity index (χ2n) is 3.73. The van der Waals surface area contributed by atoms with Crippen LogP contribution in [0, 0.1) is 0 Å². The van der Waals surface area contributed by atoms with Gasteiger partial charge in [0.25, 0.3) is 0 Å². The lowest BCUT2D eigenvalue weighted by molar-refractivity contribution is 0.605. The molecule has 2 aromatic rings. The number of benzene rings is 1. The fraction of sp³-hybridized carbons (Fsp3) is 0.308. The molecule has 2 rings (SSSR count). The van der Waals surface area contributed by atoms with Gasteiger partial charge >= 0.3 is 0 Å². The number of thioether (sulfide) groups is 1. The second kappa shape index (κ2) is 6.47. The minimum Gasteiger partial charge on any atom is -0.340 e. The van der Waals surface area contributed by atoms with Crippen molar-refractivity contribution in [2.45, 2.75) is 18.1 Å². The van der Waals surface area contributed by atoms with Crippen LogP contribution in [0.1, 0.15) is 18.5 Å². The first-order chi connectivity index (χ1) is 8.40. The van der Waals surface area contributed by atoms with E-state index in [0.29, 0.717) is 6.04 Å². The molecule has 1 atom stereocenters. The highest BCUT2D eigenvalue weighted by atomic mass is 32.2. The number of hydrogen-bond acceptors (Lipinski definition) is 3. The van der Waals surface area contributed by atoms with E-state index in [1.165, 1.54) is 5.56 Å². The molecule has 0 saturated heterocycles. The number of aromatic nitrogens is 2. The van der Waals surface area contributed by atoms with Gasteiger partial charge in [0.15, 0.2) is 5.16 Å². The second-order valence-corrected chi connectivity index (χ2v) is 4.73. The number of nitrogens with one attached hydrogen (secondary N) is 2. The van der Waals surface area contributed by atoms with Crippen molar-refractivity contribution < 1.29 is 0 Å². The maximum absolute atomic E-state index is 4.22. The van der Waals surface area contributed by atoms with E-state index < -0.39 is 0 Å². The van der Waals surface area contributed by atoms with Crippen LogP contribution in [0.2, 0.25) is 0 Å². The predicted molar refractivity (Wildman–Crippen MR) is 72.2 cm³/mol. The van der Waals surface area contributed by atoms with Crippen LogP contribution in [0.25, 0.3) is 0 Å². The molecule has 0 aliphatic heterocycles. The summed E-state index contributed by atoms with van der Waals surface area (Å²) in [5.41, 5.74) is 1.33. The monoisotopic (exact) mass is 247 g/mol. The summed E-state index contributed by atoms with van der Waals surface area (Å²) in [6, 6.07) is 10.9. The lowest BCUT2D eigenvalue weighted by Crippen LogP contribution is -2.22. The fourth-order valence-electron chi connectivity index (χ4n) is 1.70. The molecule has 1 unspecified atom stereocenters. The molecule has 4 heteroatoms. The first kappa shape index (κ1) is 12.2. The van der Waals surface area contributed by atoms with Gasteiger partial charge in [0, 0.05) is 24.2 Å². The molecule has 0 radical (unpaired) electrons. The van der Waals surface area contributed by atoms with Gasteiger partial charge in [-0.2, -0.15) is 0 Å². The van der Waals surface area contributed by atoms with Crippen molar-refractivity contribution in [3.8, 4) is 0 Å². The quantitative estimate of drug-likeness (QED) is 0.771. The molecule has 0 aliphatic carbocycles. The minimum absolute atomic E-state index is 0.372. The number of aromatic amines is 1. The van der Waals surface area contributed by atoms with E-state index in [0.717, 1.165) is 17.5 Å². The number of rotatable bonds is 6. The van der Waals surface area contributed by atoms with E-state index in [1.54, 1.807) is 18.0 Å². The Morgan fingerprint density at radius 1 is 1.35 bits per heavy atom. The van der Waals surface area contributed by atoms with Crippen LogP contribution in [-0.4, -0.2) is 22.3 Å². The normalized spacial score (nSPS) is 12.5. The molecule has 0 bridgehead atoms. The molecule has 1 aromatic heterocycles. The van der Waals surface area contributed by atoms with E-state index in [9.17, 15) is 0 Å². The summed E-state index contributed by atoms with van der Waals surface area (Å²) >= 11 is 1.74. The first-order valence-electron chi connectivity index (χ1n) is 5.80. The van der Waals surface area contributed by atoms with Crippen LogP contribution in [0.5, 0.6) is 0 Å². The summed E-state index contributed by atoms with van der Waals surface area (Å²) in [6.45, 7) is 3.10. The van der Waals surface area contributed by atoms with Gasteiger partial charge in [0.2, 0.25) is 0 Å². The lowest BCUT2D eigenvalue weighted by Gasteiger charge is -2.17. The topological polar surface area (TPSA) is 40.7 Å². The molecule has 17 heavy (non-hydrogen) atoms. The van der Waals surface area contributed by atoms with Crippen molar-refractivity contribution in [2.75, 3.05) is 12.3 Å². The highest BCUT2D eigenvalue weighted by molar-refractivity contribution is 7.99. The van der Waals surface area contributed by atoms with E-state index in [-0.39, 0.29) is 0 Å². The highest BCUT2D eigenvalue weighted by Gasteiger charge is 2.10. The molecular weight excluding hydrogens is 230 g/mol. The van der Waals surface area contributed by atoms with Crippen molar-refractivity contribution in [1.82, 2.24) is 15.3 Å². The van der Waals surface area contributed by atoms with Gasteiger partial charge in [-0.05, 0) is 12.1 Å². The number of imidazole rings is 1. The number of H-pyrrole nitrogens is 1. The van der Waals surface area contributed by atoms with Gasteiger partial charge in [-0.1, -0.05) is 49.0 Å². The van der Waals surface area contributed by atoms with Crippen LogP contribution in [0.15, 0.2) is 47.9 Å². The summed E-state index contributed by atoms with van der Waals surface area (Å²) in [4.78, 5) is 7.33. The Morgan fingerprint density at radius 2 is 2.18 bits per heavy atom. The highest BCUT2D eigenvalue weighted by Crippen LogP contribution is 2.21. The first-order valence-corrected chi connectivity index (χ1v) is 6.79. The van der Waals surface area contributed by atoms with Crippen molar-refractivity contribution in [3.63, 3.8) is 0 Å². The Morgan fingerprint density at radius 3 is 2.82 bits per heavy atom. The summed E-state index contributed by atoms with van der Waals surface area (Å²) in [7, 11) is 0. The Balaban J connectivity index is 1.98. The third-order valence-corrected chi connectivity index (χ3v) is 3.51. The van der Waals surface area contributed by atoms with Gasteiger partial charge < -0.3 is 10.3 Å². The third-order valence-electron chi connectivity index (χ3n) is 2.51. The van der Waals surface area contributed by atoms with Crippen molar-refractivity contribution in [3.05, 3.63) is 48.3 Å². The van der Waals surface area contributed by atoms with Gasteiger partial charge in [-0.15, -0.1) is 0 Å². The molecule has 0 saturated carbocycles. The summed E-state index contributed by atoms with van der Waals surface area (Å²) in [5.74, 6) is 0.978. The molecule has 0 fully saturated rings. The van der Waals surface area contributed by atoms with Crippen LogP contribution in [0.4, 0.5) is 0 Å². The largest absolute Gasteiger partial charge is 0.340 e. The fourth-order valence-corrected chi connectivity index (χ4v) is 2.62. The Bertz CT molecular complexity index is 413. The van der Waals surface area contributed by atoms with Gasteiger partial charge in [-0.3, -0.25) is 0 Å². The average molecular weight is 247 g/mol. The molecule has 3 nitrogen and oxygen atoms in total. The molecule has 0 amide bonds. The molecule has 0 spiro atoms. The van der Waals surface area contributed by atoms with Crippen molar-refractivity contribution >= 4 is 11.8 Å². The zero-order chi connectivity index (χ0) is 11.9. The maximum atomic E-state index is 4.22. The summed E-state index contributed by atoms with van der Waals surface area (Å²) < 4.78 is 0. The number of nitrogens with zero attached hydrogens (tertiary/aromatic N) is 1. The van der Waals surface area contributed by atoms with Gasteiger partial charge in [-0.25, -0.2) is 4.98 Å². The Kier molecular flexibility index (Phi) is 4.64. The standard InChI is InChI=1S/C13H17N3S/c1-2-14-12(11-6-4-3-5-7-11)10-17-13-15-8-9-16-13/h3-9,12,14H,2,10H2,1H3,(H,15,16). The SMILES string of the molecule is CCNC(CSc1ncc[nH]1)c1ccccc1. The smallest absolute Gasteiger partial charge is 0.165 e. The molecular formula is C13H17N3S. The van der Waals surface area contributed by atoms with E-state index in [4.69, 9.17) is 0 Å².